The first kappa shape index (κ1) is 17.4. The molecule has 3 N–H and O–H groups in total. The van der Waals surface area contributed by atoms with Crippen LogP contribution in [0.25, 0.3) is 0 Å². The quantitative estimate of drug-likeness (QED) is 0.648. The Morgan fingerprint density at radius 1 is 1.21 bits per heavy atom. The molecule has 1 aromatic heterocycles. The largest absolute Gasteiger partial charge is 0.351 e. The van der Waals surface area contributed by atoms with Gasteiger partial charge in [0.2, 0.25) is 18.1 Å². The van der Waals surface area contributed by atoms with Gasteiger partial charge in [0.25, 0.3) is 0 Å². The van der Waals surface area contributed by atoms with Gasteiger partial charge in [0.15, 0.2) is 0 Å². The molecule has 7 heteroatoms. The van der Waals surface area contributed by atoms with E-state index in [0.717, 1.165) is 5.56 Å². The lowest BCUT2D eigenvalue weighted by Gasteiger charge is -2.20. The molecule has 0 spiro atoms. The van der Waals surface area contributed by atoms with Crippen molar-refractivity contribution < 1.29 is 14.4 Å². The SMILES string of the molecule is CC(=O)NC(Cc1ccccc1)C(=O)NC([C]=O)Cc1c[nH]cn1. The van der Waals surface area contributed by atoms with Crippen molar-refractivity contribution in [3.05, 3.63) is 54.1 Å². The van der Waals surface area contributed by atoms with Gasteiger partial charge in [0.1, 0.15) is 12.1 Å². The molecule has 0 aliphatic carbocycles. The van der Waals surface area contributed by atoms with Gasteiger partial charge in [-0.3, -0.25) is 14.4 Å². The van der Waals surface area contributed by atoms with Crippen molar-refractivity contribution in [2.24, 2.45) is 0 Å². The number of nitrogens with zero attached hydrogens (tertiary/aromatic N) is 1. The molecule has 2 amide bonds. The summed E-state index contributed by atoms with van der Waals surface area (Å²) in [5.74, 6) is -0.747. The van der Waals surface area contributed by atoms with Crippen LogP contribution in [0.5, 0.6) is 0 Å². The van der Waals surface area contributed by atoms with E-state index in [-0.39, 0.29) is 12.3 Å². The monoisotopic (exact) mass is 327 g/mol. The number of imidazole rings is 1. The van der Waals surface area contributed by atoms with E-state index in [1.165, 1.54) is 13.3 Å². The summed E-state index contributed by atoms with van der Waals surface area (Å²) in [6, 6.07) is 7.74. The summed E-state index contributed by atoms with van der Waals surface area (Å²) in [5.41, 5.74) is 1.55. The van der Waals surface area contributed by atoms with Crippen LogP contribution in [0.3, 0.4) is 0 Å². The number of hydrogen-bond donors (Lipinski definition) is 3. The minimum absolute atomic E-state index is 0.233. The smallest absolute Gasteiger partial charge is 0.243 e. The van der Waals surface area contributed by atoms with E-state index < -0.39 is 18.0 Å². The van der Waals surface area contributed by atoms with Gasteiger partial charge in [-0.25, -0.2) is 4.98 Å². The van der Waals surface area contributed by atoms with Crippen LogP contribution in [-0.4, -0.2) is 40.2 Å². The van der Waals surface area contributed by atoms with E-state index in [2.05, 4.69) is 20.6 Å². The molecule has 7 nitrogen and oxygen atoms in total. The highest BCUT2D eigenvalue weighted by atomic mass is 16.2. The molecule has 0 aliphatic heterocycles. The van der Waals surface area contributed by atoms with Crippen LogP contribution in [0, 0.1) is 0 Å². The zero-order chi connectivity index (χ0) is 17.4. The highest BCUT2D eigenvalue weighted by Gasteiger charge is 2.23. The number of amides is 2. The van der Waals surface area contributed by atoms with Crippen LogP contribution >= 0.6 is 0 Å². The summed E-state index contributed by atoms with van der Waals surface area (Å²) in [7, 11) is 0. The van der Waals surface area contributed by atoms with Gasteiger partial charge in [0.05, 0.1) is 12.0 Å². The third-order valence-electron chi connectivity index (χ3n) is 3.40. The molecule has 1 aromatic carbocycles. The van der Waals surface area contributed by atoms with Gasteiger partial charge in [-0.15, -0.1) is 0 Å². The Kier molecular flexibility index (Phi) is 6.24. The number of hydrogen-bond acceptors (Lipinski definition) is 4. The van der Waals surface area contributed by atoms with Gasteiger partial charge in [-0.05, 0) is 5.56 Å². The lowest BCUT2D eigenvalue weighted by molar-refractivity contribution is -0.128. The van der Waals surface area contributed by atoms with Crippen LogP contribution in [0.15, 0.2) is 42.9 Å². The van der Waals surface area contributed by atoms with Crippen LogP contribution in [0.1, 0.15) is 18.2 Å². The molecule has 2 atom stereocenters. The molecular weight excluding hydrogens is 308 g/mol. The van der Waals surface area contributed by atoms with Gasteiger partial charge >= 0.3 is 0 Å². The molecule has 1 heterocycles. The number of rotatable bonds is 8. The van der Waals surface area contributed by atoms with Crippen molar-refractivity contribution in [2.45, 2.75) is 31.8 Å². The second kappa shape index (κ2) is 8.61. The number of nitrogens with one attached hydrogen (secondary N) is 3. The zero-order valence-electron chi connectivity index (χ0n) is 13.3. The van der Waals surface area contributed by atoms with Crippen molar-refractivity contribution >= 4 is 18.1 Å². The highest BCUT2D eigenvalue weighted by molar-refractivity contribution is 5.88. The Morgan fingerprint density at radius 2 is 1.96 bits per heavy atom. The summed E-state index contributed by atoms with van der Waals surface area (Å²) in [4.78, 5) is 41.7. The molecule has 0 bridgehead atoms. The van der Waals surface area contributed by atoms with Crippen LogP contribution in [-0.2, 0) is 27.2 Å². The van der Waals surface area contributed by atoms with E-state index in [0.29, 0.717) is 12.1 Å². The van der Waals surface area contributed by atoms with Crippen molar-refractivity contribution in [1.29, 1.82) is 0 Å². The molecule has 0 saturated heterocycles. The van der Waals surface area contributed by atoms with E-state index >= 15 is 0 Å². The molecule has 2 rings (SSSR count). The van der Waals surface area contributed by atoms with Gasteiger partial charge in [-0.1, -0.05) is 30.3 Å². The molecule has 2 unspecified atom stereocenters. The fraction of sp³-hybridized carbons (Fsp3) is 0.294. The molecule has 2 aromatic rings. The Balaban J connectivity index is 2.02. The maximum atomic E-state index is 12.4. The maximum Gasteiger partial charge on any atom is 0.243 e. The first-order chi connectivity index (χ1) is 11.6. The summed E-state index contributed by atoms with van der Waals surface area (Å²) in [6.45, 7) is 1.35. The third kappa shape index (κ3) is 5.35. The topological polar surface area (TPSA) is 104 Å². The van der Waals surface area contributed by atoms with Crippen LogP contribution < -0.4 is 10.6 Å². The molecule has 0 fully saturated rings. The average molecular weight is 327 g/mol. The molecule has 24 heavy (non-hydrogen) atoms. The standard InChI is InChI=1S/C17H19N4O3/c1-12(23)20-16(7-13-5-3-2-4-6-13)17(24)21-15(10-22)8-14-9-18-11-19-14/h2-6,9,11,15-16H,7-8H2,1H3,(H,18,19)(H,20,23)(H,21,24). The van der Waals surface area contributed by atoms with Crippen LogP contribution in [0.4, 0.5) is 0 Å². The first-order valence-electron chi connectivity index (χ1n) is 7.55. The minimum atomic E-state index is -0.826. The van der Waals surface area contributed by atoms with Gasteiger partial charge < -0.3 is 15.6 Å². The summed E-state index contributed by atoms with van der Waals surface area (Å²) >= 11 is 0. The maximum absolute atomic E-state index is 12.4. The number of carbonyl (C=O) groups is 2. The Hall–Kier alpha value is -2.96. The van der Waals surface area contributed by atoms with E-state index in [9.17, 15) is 14.4 Å². The number of aromatic amines is 1. The van der Waals surface area contributed by atoms with Crippen LogP contribution in [0.2, 0.25) is 0 Å². The molecule has 125 valence electrons. The first-order valence-corrected chi connectivity index (χ1v) is 7.55. The molecule has 0 saturated carbocycles. The van der Waals surface area contributed by atoms with E-state index in [1.807, 2.05) is 30.3 Å². The summed E-state index contributed by atoms with van der Waals surface area (Å²) in [6.07, 6.45) is 5.50. The highest BCUT2D eigenvalue weighted by Crippen LogP contribution is 2.05. The second-order valence-corrected chi connectivity index (χ2v) is 5.39. The van der Waals surface area contributed by atoms with Gasteiger partial charge in [-0.2, -0.15) is 0 Å². The second-order valence-electron chi connectivity index (χ2n) is 5.39. The lowest BCUT2D eigenvalue weighted by atomic mass is 10.0. The van der Waals surface area contributed by atoms with Crippen molar-refractivity contribution in [1.82, 2.24) is 20.6 Å². The zero-order valence-corrected chi connectivity index (χ0v) is 13.3. The molecular formula is C17H19N4O3. The number of aromatic nitrogens is 2. The van der Waals surface area contributed by atoms with Crippen molar-refractivity contribution in [3.8, 4) is 0 Å². The molecule has 1 radical (unpaired) electrons. The minimum Gasteiger partial charge on any atom is -0.351 e. The fourth-order valence-corrected chi connectivity index (χ4v) is 2.31. The Labute approximate surface area is 139 Å². The van der Waals surface area contributed by atoms with Crippen molar-refractivity contribution in [2.75, 3.05) is 0 Å². The summed E-state index contributed by atoms with van der Waals surface area (Å²) in [5, 5.41) is 5.21. The summed E-state index contributed by atoms with van der Waals surface area (Å²) < 4.78 is 0. The number of carbonyl (C=O) groups excluding carboxylic acids is 3. The normalized spacial score (nSPS) is 12.9. The Morgan fingerprint density at radius 3 is 2.54 bits per heavy atom. The Bertz CT molecular complexity index is 670. The predicted molar refractivity (Wildman–Crippen MR) is 87.7 cm³/mol. The molecule has 0 aliphatic rings. The number of benzene rings is 1. The predicted octanol–water partition coefficient (Wildman–Crippen LogP) is 0.294. The fourth-order valence-electron chi connectivity index (χ4n) is 2.31. The van der Waals surface area contributed by atoms with Gasteiger partial charge in [0, 0.05) is 26.0 Å². The lowest BCUT2D eigenvalue weighted by Crippen LogP contribution is -2.51. The third-order valence-corrected chi connectivity index (χ3v) is 3.40. The number of H-pyrrole nitrogens is 1. The van der Waals surface area contributed by atoms with Crippen molar-refractivity contribution in [3.63, 3.8) is 0 Å². The van der Waals surface area contributed by atoms with E-state index in [4.69, 9.17) is 0 Å². The van der Waals surface area contributed by atoms with E-state index in [1.54, 1.807) is 12.5 Å². The average Bonchev–Trinajstić information content (AvgIpc) is 3.07.